The number of benzene rings is 1. The van der Waals surface area contributed by atoms with Crippen LogP contribution in [0.5, 0.6) is 0 Å². The van der Waals surface area contributed by atoms with Crippen molar-refractivity contribution in [2.45, 2.75) is 23.8 Å². The van der Waals surface area contributed by atoms with Crippen LogP contribution < -0.4 is 11.1 Å². The minimum Gasteiger partial charge on any atom is -0.368 e. The maximum Gasteiger partial charge on any atom is 0.237 e. The Morgan fingerprint density at radius 2 is 2.17 bits per heavy atom. The fraction of sp³-hybridized carbons (Fsp3) is 0.417. The highest BCUT2D eigenvalue weighted by Gasteiger charge is 2.28. The first-order chi connectivity index (χ1) is 8.39. The Balaban J connectivity index is 2.61. The first kappa shape index (κ1) is 15.6. The lowest BCUT2D eigenvalue weighted by molar-refractivity contribution is -0.123. The Hall–Kier alpha value is -0.420. The number of nitrogens with one attached hydrogen (secondary N) is 1. The number of nitrogens with two attached hydrogens (primary N) is 1. The van der Waals surface area contributed by atoms with Gasteiger partial charge in [-0.25, -0.2) is 0 Å². The molecule has 3 nitrogen and oxygen atoms in total. The second-order valence-electron chi connectivity index (χ2n) is 4.12. The summed E-state index contributed by atoms with van der Waals surface area (Å²) in [5.74, 6) is 0.364. The van der Waals surface area contributed by atoms with Crippen molar-refractivity contribution in [3.05, 3.63) is 28.2 Å². The molecule has 1 amide bonds. The topological polar surface area (TPSA) is 55.1 Å². The molecule has 0 saturated heterocycles. The molecule has 1 aromatic rings. The molecule has 1 unspecified atom stereocenters. The highest BCUT2D eigenvalue weighted by molar-refractivity contribution is 7.99. The number of carbonyl (C=O) groups excluding carboxylic acids is 1. The molecular formula is C12H16Cl2N2OS. The van der Waals surface area contributed by atoms with E-state index < -0.39 is 5.54 Å². The molecular weight excluding hydrogens is 291 g/mol. The monoisotopic (exact) mass is 306 g/mol. The predicted octanol–water partition coefficient (Wildman–Crippen LogP) is 2.94. The first-order valence-electron chi connectivity index (χ1n) is 5.46. The number of primary amides is 1. The molecule has 0 spiro atoms. The number of likely N-dealkylation sites (N-methyl/N-ethyl adjacent to an activating group) is 1. The van der Waals surface area contributed by atoms with Crippen molar-refractivity contribution >= 4 is 40.9 Å². The molecule has 3 N–H and O–H groups in total. The van der Waals surface area contributed by atoms with Crippen LogP contribution in [0.3, 0.4) is 0 Å². The number of carbonyl (C=O) groups is 1. The smallest absolute Gasteiger partial charge is 0.237 e. The van der Waals surface area contributed by atoms with Crippen molar-refractivity contribution in [3.8, 4) is 0 Å². The van der Waals surface area contributed by atoms with E-state index in [4.69, 9.17) is 28.9 Å². The van der Waals surface area contributed by atoms with Crippen LogP contribution >= 0.6 is 35.0 Å². The van der Waals surface area contributed by atoms with Crippen LogP contribution in [0.25, 0.3) is 0 Å². The minimum absolute atomic E-state index is 0.359. The van der Waals surface area contributed by atoms with Gasteiger partial charge in [-0.3, -0.25) is 4.79 Å². The summed E-state index contributed by atoms with van der Waals surface area (Å²) in [6.07, 6.45) is 0.617. The zero-order valence-electron chi connectivity index (χ0n) is 10.3. The molecule has 0 heterocycles. The first-order valence-corrected chi connectivity index (χ1v) is 7.20. The molecule has 0 aliphatic carbocycles. The van der Waals surface area contributed by atoms with E-state index in [1.165, 1.54) is 0 Å². The maximum absolute atomic E-state index is 11.3. The van der Waals surface area contributed by atoms with Gasteiger partial charge in [-0.2, -0.15) is 0 Å². The van der Waals surface area contributed by atoms with Gasteiger partial charge < -0.3 is 11.1 Å². The Bertz CT molecular complexity index is 442. The second-order valence-corrected chi connectivity index (χ2v) is 6.10. The summed E-state index contributed by atoms with van der Waals surface area (Å²) in [5.41, 5.74) is 4.66. The normalized spacial score (nSPS) is 14.2. The van der Waals surface area contributed by atoms with Crippen LogP contribution in [-0.4, -0.2) is 24.2 Å². The zero-order chi connectivity index (χ0) is 13.8. The number of amides is 1. The van der Waals surface area contributed by atoms with Gasteiger partial charge in [0.25, 0.3) is 0 Å². The maximum atomic E-state index is 11.3. The second kappa shape index (κ2) is 6.66. The van der Waals surface area contributed by atoms with Crippen molar-refractivity contribution in [2.75, 3.05) is 12.8 Å². The number of halogens is 2. The Morgan fingerprint density at radius 1 is 1.50 bits per heavy atom. The van der Waals surface area contributed by atoms with Gasteiger partial charge in [0, 0.05) is 15.7 Å². The number of thioether (sulfide) groups is 1. The van der Waals surface area contributed by atoms with E-state index in [2.05, 4.69) is 5.32 Å². The predicted molar refractivity (Wildman–Crippen MR) is 78.5 cm³/mol. The summed E-state index contributed by atoms with van der Waals surface area (Å²) < 4.78 is 0. The summed E-state index contributed by atoms with van der Waals surface area (Å²) in [6, 6.07) is 5.32. The van der Waals surface area contributed by atoms with Crippen LogP contribution in [-0.2, 0) is 4.79 Å². The Kier molecular flexibility index (Phi) is 5.79. The highest BCUT2D eigenvalue weighted by atomic mass is 35.5. The number of rotatable bonds is 6. The Labute approximate surface area is 121 Å². The van der Waals surface area contributed by atoms with E-state index in [9.17, 15) is 4.79 Å². The van der Waals surface area contributed by atoms with E-state index in [-0.39, 0.29) is 5.91 Å². The molecule has 1 aromatic carbocycles. The van der Waals surface area contributed by atoms with Gasteiger partial charge in [-0.15, -0.1) is 11.8 Å². The molecule has 18 heavy (non-hydrogen) atoms. The molecule has 0 radical (unpaired) electrons. The Morgan fingerprint density at radius 3 is 2.72 bits per heavy atom. The lowest BCUT2D eigenvalue weighted by Crippen LogP contribution is -2.51. The lowest BCUT2D eigenvalue weighted by atomic mass is 9.99. The van der Waals surface area contributed by atoms with Gasteiger partial charge in [-0.05, 0) is 38.6 Å². The van der Waals surface area contributed by atoms with E-state index in [0.29, 0.717) is 16.5 Å². The fourth-order valence-corrected chi connectivity index (χ4v) is 2.99. The van der Waals surface area contributed by atoms with Gasteiger partial charge in [0.1, 0.15) is 0 Å². The standard InChI is InChI=1S/C12H16Cl2N2OS/c1-12(16-2,11(15)17)5-6-18-10-7-8(13)3-4-9(10)14/h3-4,7,16H,5-6H2,1-2H3,(H2,15,17). The van der Waals surface area contributed by atoms with Crippen molar-refractivity contribution in [2.24, 2.45) is 5.73 Å². The highest BCUT2D eigenvalue weighted by Crippen LogP contribution is 2.31. The zero-order valence-corrected chi connectivity index (χ0v) is 12.6. The van der Waals surface area contributed by atoms with Gasteiger partial charge in [0.15, 0.2) is 0 Å². The van der Waals surface area contributed by atoms with Crippen molar-refractivity contribution in [3.63, 3.8) is 0 Å². The summed E-state index contributed by atoms with van der Waals surface area (Å²) >= 11 is 13.5. The van der Waals surface area contributed by atoms with Crippen LogP contribution in [0.4, 0.5) is 0 Å². The molecule has 100 valence electrons. The lowest BCUT2D eigenvalue weighted by Gasteiger charge is -2.25. The minimum atomic E-state index is -0.696. The van der Waals surface area contributed by atoms with Crippen LogP contribution in [0, 0.1) is 0 Å². The third-order valence-electron chi connectivity index (χ3n) is 2.85. The van der Waals surface area contributed by atoms with E-state index >= 15 is 0 Å². The van der Waals surface area contributed by atoms with E-state index in [1.54, 1.807) is 37.9 Å². The van der Waals surface area contributed by atoms with Gasteiger partial charge >= 0.3 is 0 Å². The van der Waals surface area contributed by atoms with Crippen molar-refractivity contribution < 1.29 is 4.79 Å². The molecule has 1 atom stereocenters. The molecule has 0 aromatic heterocycles. The molecule has 6 heteroatoms. The molecule has 0 bridgehead atoms. The van der Waals surface area contributed by atoms with Gasteiger partial charge in [0.05, 0.1) is 10.6 Å². The molecule has 0 fully saturated rings. The van der Waals surface area contributed by atoms with Crippen molar-refractivity contribution in [1.29, 1.82) is 0 Å². The summed E-state index contributed by atoms with van der Waals surface area (Å²) in [6.45, 7) is 1.79. The molecule has 0 saturated carbocycles. The fourth-order valence-electron chi connectivity index (χ4n) is 1.32. The van der Waals surface area contributed by atoms with Crippen LogP contribution in [0.2, 0.25) is 10.0 Å². The quantitative estimate of drug-likeness (QED) is 0.795. The van der Waals surface area contributed by atoms with E-state index in [0.717, 1.165) is 10.6 Å². The summed E-state index contributed by atoms with van der Waals surface area (Å²) in [5, 5.41) is 4.25. The van der Waals surface area contributed by atoms with Crippen LogP contribution in [0.1, 0.15) is 13.3 Å². The molecule has 0 aliphatic rings. The summed E-state index contributed by atoms with van der Waals surface area (Å²) in [7, 11) is 1.72. The number of hydrogen-bond donors (Lipinski definition) is 2. The average molecular weight is 307 g/mol. The van der Waals surface area contributed by atoms with Gasteiger partial charge in [0.2, 0.25) is 5.91 Å². The van der Waals surface area contributed by atoms with Gasteiger partial charge in [-0.1, -0.05) is 23.2 Å². The number of hydrogen-bond acceptors (Lipinski definition) is 3. The third kappa shape index (κ3) is 4.05. The third-order valence-corrected chi connectivity index (χ3v) is 4.58. The molecule has 1 rings (SSSR count). The average Bonchev–Trinajstić information content (AvgIpc) is 2.33. The SMILES string of the molecule is CNC(C)(CCSc1cc(Cl)ccc1Cl)C(N)=O. The summed E-state index contributed by atoms with van der Waals surface area (Å²) in [4.78, 5) is 12.2. The van der Waals surface area contributed by atoms with E-state index in [1.807, 2.05) is 6.07 Å². The largest absolute Gasteiger partial charge is 0.368 e. The van der Waals surface area contributed by atoms with Crippen LogP contribution in [0.15, 0.2) is 23.1 Å². The van der Waals surface area contributed by atoms with Crippen molar-refractivity contribution in [1.82, 2.24) is 5.32 Å². The molecule has 0 aliphatic heterocycles.